The number of aromatic nitrogens is 1. The van der Waals surface area contributed by atoms with Gasteiger partial charge in [0.25, 0.3) is 0 Å². The van der Waals surface area contributed by atoms with Gasteiger partial charge in [-0.15, -0.1) is 11.6 Å². The normalized spacial score (nSPS) is 12.9. The highest BCUT2D eigenvalue weighted by molar-refractivity contribution is 6.18. The molecule has 0 radical (unpaired) electrons. The molecule has 3 heteroatoms. The summed E-state index contributed by atoms with van der Waals surface area (Å²) in [4.78, 5) is 4.24. The van der Waals surface area contributed by atoms with Crippen LogP contribution < -0.4 is 5.32 Å². The van der Waals surface area contributed by atoms with Crippen LogP contribution in [-0.4, -0.2) is 16.9 Å². The van der Waals surface area contributed by atoms with Crippen LogP contribution in [0.15, 0.2) is 18.3 Å². The van der Waals surface area contributed by atoms with Gasteiger partial charge in [-0.25, -0.2) is 4.98 Å². The molecule has 0 bridgehead atoms. The molecule has 0 saturated carbocycles. The van der Waals surface area contributed by atoms with E-state index >= 15 is 0 Å². The lowest BCUT2D eigenvalue weighted by Crippen LogP contribution is -2.27. The first-order chi connectivity index (χ1) is 6.63. The van der Waals surface area contributed by atoms with Gasteiger partial charge in [0.05, 0.1) is 0 Å². The van der Waals surface area contributed by atoms with Crippen LogP contribution >= 0.6 is 11.6 Å². The zero-order valence-electron chi connectivity index (χ0n) is 8.92. The van der Waals surface area contributed by atoms with Crippen LogP contribution in [0, 0.1) is 12.8 Å². The lowest BCUT2D eigenvalue weighted by atomic mass is 10.1. The number of anilines is 1. The van der Waals surface area contributed by atoms with Crippen molar-refractivity contribution in [3.63, 3.8) is 0 Å². The van der Waals surface area contributed by atoms with Crippen LogP contribution in [0.25, 0.3) is 0 Å². The van der Waals surface area contributed by atoms with E-state index in [1.54, 1.807) is 0 Å². The van der Waals surface area contributed by atoms with Crippen LogP contribution in [0.5, 0.6) is 0 Å². The second-order valence-electron chi connectivity index (χ2n) is 3.87. The second kappa shape index (κ2) is 5.20. The maximum atomic E-state index is 5.86. The molecular weight excluding hydrogens is 196 g/mol. The molecule has 14 heavy (non-hydrogen) atoms. The van der Waals surface area contributed by atoms with Crippen molar-refractivity contribution in [3.8, 4) is 0 Å². The summed E-state index contributed by atoms with van der Waals surface area (Å²) < 4.78 is 0. The van der Waals surface area contributed by atoms with E-state index in [-0.39, 0.29) is 6.04 Å². The van der Waals surface area contributed by atoms with E-state index in [1.807, 2.05) is 18.3 Å². The number of hydrogen-bond acceptors (Lipinski definition) is 2. The predicted molar refractivity (Wildman–Crippen MR) is 61.9 cm³/mol. The molecule has 0 spiro atoms. The predicted octanol–water partition coefficient (Wildman–Crippen LogP) is 3.07. The van der Waals surface area contributed by atoms with Crippen molar-refractivity contribution < 1.29 is 0 Å². The number of hydrogen-bond donors (Lipinski definition) is 1. The minimum atomic E-state index is 0.283. The van der Waals surface area contributed by atoms with E-state index in [9.17, 15) is 0 Å². The summed E-state index contributed by atoms with van der Waals surface area (Å²) in [5.41, 5.74) is 1.21. The Morgan fingerprint density at radius 1 is 1.50 bits per heavy atom. The third-order valence-corrected chi connectivity index (χ3v) is 2.55. The largest absolute Gasteiger partial charge is 0.366 e. The fourth-order valence-corrected chi connectivity index (χ4v) is 1.62. The molecule has 0 aliphatic carbocycles. The van der Waals surface area contributed by atoms with Crippen LogP contribution in [-0.2, 0) is 0 Å². The Hall–Kier alpha value is -0.760. The Morgan fingerprint density at radius 3 is 2.71 bits per heavy atom. The van der Waals surface area contributed by atoms with Crippen molar-refractivity contribution >= 4 is 17.4 Å². The van der Waals surface area contributed by atoms with Crippen LogP contribution in [0.1, 0.15) is 19.4 Å². The molecule has 0 aromatic carbocycles. The molecule has 1 rings (SSSR count). The van der Waals surface area contributed by atoms with Gasteiger partial charge in [0.2, 0.25) is 0 Å². The van der Waals surface area contributed by atoms with E-state index in [0.717, 1.165) is 5.82 Å². The van der Waals surface area contributed by atoms with Crippen LogP contribution in [0.4, 0.5) is 5.82 Å². The Balaban J connectivity index is 2.67. The number of nitrogens with one attached hydrogen (secondary N) is 1. The SMILES string of the molecule is Cc1ccnc(NC(CCl)C(C)C)c1. The molecule has 0 fully saturated rings. The average Bonchev–Trinajstić information content (AvgIpc) is 2.14. The lowest BCUT2D eigenvalue weighted by Gasteiger charge is -2.20. The quantitative estimate of drug-likeness (QED) is 0.776. The van der Waals surface area contributed by atoms with Crippen molar-refractivity contribution in [2.75, 3.05) is 11.2 Å². The monoisotopic (exact) mass is 212 g/mol. The van der Waals surface area contributed by atoms with E-state index in [1.165, 1.54) is 5.56 Å². The van der Waals surface area contributed by atoms with Crippen molar-refractivity contribution in [2.24, 2.45) is 5.92 Å². The number of rotatable bonds is 4. The smallest absolute Gasteiger partial charge is 0.126 e. The van der Waals surface area contributed by atoms with E-state index in [0.29, 0.717) is 11.8 Å². The molecule has 1 N–H and O–H groups in total. The van der Waals surface area contributed by atoms with E-state index in [4.69, 9.17) is 11.6 Å². The minimum Gasteiger partial charge on any atom is -0.366 e. The number of halogens is 1. The van der Waals surface area contributed by atoms with Gasteiger partial charge in [0, 0.05) is 18.1 Å². The Morgan fingerprint density at radius 2 is 2.21 bits per heavy atom. The lowest BCUT2D eigenvalue weighted by molar-refractivity contribution is 0.562. The first kappa shape index (κ1) is 11.3. The van der Waals surface area contributed by atoms with Gasteiger partial charge in [-0.05, 0) is 30.5 Å². The standard InChI is InChI=1S/C11H17ClN2/c1-8(2)10(7-12)14-11-6-9(3)4-5-13-11/h4-6,8,10H,7H2,1-3H3,(H,13,14). The maximum absolute atomic E-state index is 5.86. The Bertz CT molecular complexity index is 286. The zero-order valence-corrected chi connectivity index (χ0v) is 9.67. The van der Waals surface area contributed by atoms with E-state index in [2.05, 4.69) is 31.1 Å². The summed E-state index contributed by atoms with van der Waals surface area (Å²) in [7, 11) is 0. The zero-order chi connectivity index (χ0) is 10.6. The second-order valence-corrected chi connectivity index (χ2v) is 4.18. The van der Waals surface area contributed by atoms with Gasteiger partial charge in [0.15, 0.2) is 0 Å². The first-order valence-corrected chi connectivity index (χ1v) is 5.42. The molecule has 0 aliphatic rings. The fourth-order valence-electron chi connectivity index (χ4n) is 1.19. The first-order valence-electron chi connectivity index (χ1n) is 4.88. The third-order valence-electron chi connectivity index (χ3n) is 2.22. The van der Waals surface area contributed by atoms with Gasteiger partial charge in [-0.3, -0.25) is 0 Å². The molecule has 78 valence electrons. The molecule has 1 aromatic rings. The fraction of sp³-hybridized carbons (Fsp3) is 0.545. The molecule has 0 saturated heterocycles. The topological polar surface area (TPSA) is 24.9 Å². The highest BCUT2D eigenvalue weighted by Gasteiger charge is 2.11. The summed E-state index contributed by atoms with van der Waals surface area (Å²) in [5.74, 6) is 2.02. The average molecular weight is 213 g/mol. The number of alkyl halides is 1. The van der Waals surface area contributed by atoms with Gasteiger partial charge < -0.3 is 5.32 Å². The molecule has 0 amide bonds. The highest BCUT2D eigenvalue weighted by Crippen LogP contribution is 2.12. The van der Waals surface area contributed by atoms with Crippen molar-refractivity contribution in [3.05, 3.63) is 23.9 Å². The van der Waals surface area contributed by atoms with Crippen LogP contribution in [0.2, 0.25) is 0 Å². The number of nitrogens with zero attached hydrogens (tertiary/aromatic N) is 1. The van der Waals surface area contributed by atoms with Gasteiger partial charge in [-0.2, -0.15) is 0 Å². The molecule has 1 unspecified atom stereocenters. The third kappa shape index (κ3) is 3.18. The number of aryl methyl sites for hydroxylation is 1. The van der Waals surface area contributed by atoms with Crippen molar-refractivity contribution in [1.82, 2.24) is 4.98 Å². The summed E-state index contributed by atoms with van der Waals surface area (Å²) in [6.45, 7) is 6.35. The van der Waals surface area contributed by atoms with Crippen molar-refractivity contribution in [2.45, 2.75) is 26.8 Å². The van der Waals surface area contributed by atoms with Crippen LogP contribution in [0.3, 0.4) is 0 Å². The molecular formula is C11H17ClN2. The van der Waals surface area contributed by atoms with Crippen molar-refractivity contribution in [1.29, 1.82) is 0 Å². The summed E-state index contributed by atoms with van der Waals surface area (Å²) in [6, 6.07) is 4.30. The minimum absolute atomic E-state index is 0.283. The molecule has 1 atom stereocenters. The molecule has 1 heterocycles. The Kier molecular flexibility index (Phi) is 4.21. The summed E-state index contributed by atoms with van der Waals surface area (Å²) >= 11 is 5.86. The van der Waals surface area contributed by atoms with E-state index < -0.39 is 0 Å². The maximum Gasteiger partial charge on any atom is 0.126 e. The Labute approximate surface area is 90.7 Å². The van der Waals surface area contributed by atoms with Gasteiger partial charge in [0.1, 0.15) is 5.82 Å². The van der Waals surface area contributed by atoms with Gasteiger partial charge in [-0.1, -0.05) is 13.8 Å². The highest BCUT2D eigenvalue weighted by atomic mass is 35.5. The molecule has 0 aliphatic heterocycles. The summed E-state index contributed by atoms with van der Waals surface area (Å²) in [5, 5.41) is 3.33. The molecule has 2 nitrogen and oxygen atoms in total. The number of pyridine rings is 1. The summed E-state index contributed by atoms with van der Waals surface area (Å²) in [6.07, 6.45) is 1.81. The molecule has 1 aromatic heterocycles. The van der Waals surface area contributed by atoms with Gasteiger partial charge >= 0.3 is 0 Å².